The number of nitrogens with one attached hydrogen (secondary N) is 5. The van der Waals surface area contributed by atoms with Crippen LogP contribution >= 0.6 is 35.1 Å². The molecule has 0 aromatic heterocycles. The first kappa shape index (κ1) is 37.0. The molecule has 0 spiro atoms. The number of benzene rings is 2. The topological polar surface area (TPSA) is 204 Å². The van der Waals surface area contributed by atoms with Gasteiger partial charge in [-0.2, -0.15) is 0 Å². The van der Waals surface area contributed by atoms with Gasteiger partial charge in [-0.05, 0) is 53.6 Å². The number of hydrogen-bond acceptors (Lipinski definition) is 14. The molecule has 3 aliphatic heterocycles. The molecule has 13 nitrogen and oxygen atoms in total. The molecule has 16 heteroatoms. The Labute approximate surface area is 304 Å². The van der Waals surface area contributed by atoms with Crippen LogP contribution in [0.15, 0.2) is 82.0 Å². The van der Waals surface area contributed by atoms with Gasteiger partial charge in [-0.1, -0.05) is 35.9 Å². The van der Waals surface area contributed by atoms with Crippen LogP contribution in [0.25, 0.3) is 5.57 Å². The van der Waals surface area contributed by atoms with E-state index >= 15 is 0 Å². The summed E-state index contributed by atoms with van der Waals surface area (Å²) in [6.45, 7) is 1.50. The maximum absolute atomic E-state index is 12.0. The first-order valence-corrected chi connectivity index (χ1v) is 18.3. The number of hydrogen-bond donors (Lipinski definition) is 7. The number of halogens is 1. The molecule has 0 saturated carbocycles. The van der Waals surface area contributed by atoms with Gasteiger partial charge in [-0.25, -0.2) is 10.4 Å². The molecule has 0 radical (unpaired) electrons. The van der Waals surface area contributed by atoms with Crippen LogP contribution in [-0.2, 0) is 14.3 Å². The number of nitrogens with zero attached hydrogens (tertiary/aromatic N) is 2. The van der Waals surface area contributed by atoms with Crippen LogP contribution in [0.1, 0.15) is 29.3 Å². The Morgan fingerprint density at radius 2 is 1.88 bits per heavy atom. The summed E-state index contributed by atoms with van der Waals surface area (Å²) >= 11 is 9.47. The lowest BCUT2D eigenvalue weighted by molar-refractivity contribution is -0.144. The largest absolute Gasteiger partial charge is 0.490 e. The Morgan fingerprint density at radius 1 is 1.14 bits per heavy atom. The summed E-state index contributed by atoms with van der Waals surface area (Å²) in [6, 6.07) is 14.3. The van der Waals surface area contributed by atoms with E-state index in [0.717, 1.165) is 71.5 Å². The number of carbonyl (C=O) groups excluding carboxylic acids is 2. The summed E-state index contributed by atoms with van der Waals surface area (Å²) in [6.07, 6.45) is 5.95. The molecule has 1 amide bonds. The number of dihydropyridines is 1. The van der Waals surface area contributed by atoms with Crippen molar-refractivity contribution in [2.24, 2.45) is 16.6 Å². The Bertz CT molecular complexity index is 1680. The first-order chi connectivity index (χ1) is 24.3. The van der Waals surface area contributed by atoms with Crippen LogP contribution in [0, 0.1) is 10.8 Å². The van der Waals surface area contributed by atoms with E-state index in [-0.39, 0.29) is 30.5 Å². The highest BCUT2D eigenvalue weighted by molar-refractivity contribution is 8.03. The summed E-state index contributed by atoms with van der Waals surface area (Å²) in [5, 5.41) is 24.2. The predicted octanol–water partition coefficient (Wildman–Crippen LogP) is 3.55. The fraction of sp³-hybridized carbons (Fsp3) is 0.324. The van der Waals surface area contributed by atoms with E-state index < -0.39 is 17.9 Å². The van der Waals surface area contributed by atoms with Crippen molar-refractivity contribution in [3.05, 3.63) is 93.1 Å². The number of amides is 1. The van der Waals surface area contributed by atoms with Crippen LogP contribution in [0.3, 0.4) is 0 Å². The molecule has 2 aromatic carbocycles. The van der Waals surface area contributed by atoms with Gasteiger partial charge in [0.25, 0.3) is 0 Å². The smallest absolute Gasteiger partial charge is 0.325 e. The maximum Gasteiger partial charge on any atom is 0.325 e. The summed E-state index contributed by atoms with van der Waals surface area (Å²) < 4.78 is 10.9. The molecule has 2 unspecified atom stereocenters. The van der Waals surface area contributed by atoms with Crippen molar-refractivity contribution in [1.82, 2.24) is 21.0 Å². The zero-order valence-corrected chi connectivity index (χ0v) is 29.6. The van der Waals surface area contributed by atoms with Gasteiger partial charge in [0, 0.05) is 64.9 Å². The van der Waals surface area contributed by atoms with Crippen LogP contribution < -0.4 is 32.4 Å². The summed E-state index contributed by atoms with van der Waals surface area (Å²) in [7, 11) is 0. The number of amidine groups is 1. The molecular weight excluding hydrogens is 698 g/mol. The molecular formula is C34H40ClN9O4S2. The second-order valence-electron chi connectivity index (χ2n) is 11.3. The quantitative estimate of drug-likeness (QED) is 0.0463. The third-order valence-electron chi connectivity index (χ3n) is 8.06. The molecule has 2 aromatic rings. The first-order valence-electron chi connectivity index (χ1n) is 16.0. The minimum atomic E-state index is -1.03. The molecule has 3 aliphatic rings. The van der Waals surface area contributed by atoms with E-state index in [9.17, 15) is 9.59 Å². The molecule has 50 heavy (non-hydrogen) atoms. The fourth-order valence-electron chi connectivity index (χ4n) is 5.56. The number of hydrazine groups is 1. The maximum atomic E-state index is 12.0. The molecule has 3 atom stereocenters. The Balaban J connectivity index is 1.24. The van der Waals surface area contributed by atoms with Crippen LogP contribution in [0.2, 0.25) is 5.02 Å². The molecule has 0 bridgehead atoms. The molecule has 1 saturated heterocycles. The van der Waals surface area contributed by atoms with Crippen LogP contribution in [0.5, 0.6) is 5.75 Å². The highest BCUT2D eigenvalue weighted by atomic mass is 35.5. The van der Waals surface area contributed by atoms with E-state index in [1.807, 2.05) is 48.5 Å². The van der Waals surface area contributed by atoms with Gasteiger partial charge in [-0.15, -0.1) is 23.5 Å². The Kier molecular flexibility index (Phi) is 13.4. The van der Waals surface area contributed by atoms with Gasteiger partial charge >= 0.3 is 5.97 Å². The number of aliphatic imine (C=N–C) groups is 1. The molecule has 264 valence electrons. The fourth-order valence-corrected chi connectivity index (χ4v) is 7.82. The average Bonchev–Trinajstić information content (AvgIpc) is 3.85. The van der Waals surface area contributed by atoms with E-state index in [4.69, 9.17) is 48.5 Å². The number of esters is 1. The third kappa shape index (κ3) is 9.28. The van der Waals surface area contributed by atoms with Crippen LogP contribution in [-0.4, -0.2) is 85.1 Å². The summed E-state index contributed by atoms with van der Waals surface area (Å²) in [4.78, 5) is 31.3. The second kappa shape index (κ2) is 18.1. The molecule has 1 fully saturated rings. The van der Waals surface area contributed by atoms with E-state index in [1.165, 1.54) is 6.21 Å². The van der Waals surface area contributed by atoms with Crippen molar-refractivity contribution in [3.8, 4) is 5.75 Å². The second-order valence-corrected chi connectivity index (χ2v) is 13.8. The number of carbonyl (C=O) groups is 2. The monoisotopic (exact) mass is 737 g/mol. The molecule has 0 aliphatic carbocycles. The van der Waals surface area contributed by atoms with Gasteiger partial charge < -0.3 is 41.6 Å². The van der Waals surface area contributed by atoms with Crippen molar-refractivity contribution in [3.63, 3.8) is 0 Å². The van der Waals surface area contributed by atoms with Crippen molar-refractivity contribution in [2.45, 2.75) is 29.6 Å². The third-order valence-corrected chi connectivity index (χ3v) is 10.5. The molecule has 3 heterocycles. The van der Waals surface area contributed by atoms with E-state index in [1.54, 1.807) is 29.7 Å². The van der Waals surface area contributed by atoms with Crippen molar-refractivity contribution in [1.29, 1.82) is 10.8 Å². The molecule has 5 rings (SSSR count). The number of rotatable bonds is 15. The summed E-state index contributed by atoms with van der Waals surface area (Å²) in [5.74, 6) is 6.02. The van der Waals surface area contributed by atoms with E-state index in [2.05, 4.69) is 26.4 Å². The normalized spacial score (nSPS) is 20.1. The lowest BCUT2D eigenvalue weighted by Gasteiger charge is -2.32. The van der Waals surface area contributed by atoms with E-state index in [0.29, 0.717) is 16.5 Å². The number of ether oxygens (including phenoxy) is 2. The minimum absolute atomic E-state index is 0.0262. The standard InChI is InChI=1S/C34H40ClN9O4S2/c35-23-7-3-22(4-8-23)33-41-24(19-49-33)20-50-34-27(16-37)30(26(15-36)31(42-34)44-11-1-2-12-44)21-5-9-25(10-6-21)47-13-14-48-29(45)18-40-32(46)28(17-38)43-39/h3-10,15-17,19,28,33-34,37-38,41,43H,1-2,11-14,18,20,36,39H2,(H,40,46)/t28-,33?,34?/m0/s1. The van der Waals surface area contributed by atoms with Gasteiger partial charge in [-0.3, -0.25) is 15.4 Å². The number of thioether (sulfide) groups is 2. The van der Waals surface area contributed by atoms with Gasteiger partial charge in [0.15, 0.2) is 0 Å². The predicted molar refractivity (Wildman–Crippen MR) is 201 cm³/mol. The van der Waals surface area contributed by atoms with Gasteiger partial charge in [0.05, 0.1) is 0 Å². The Hall–Kier alpha value is -4.28. The lowest BCUT2D eigenvalue weighted by Crippen LogP contribution is -2.49. The molecule has 9 N–H and O–H groups in total. The SMILES string of the molecule is N=CC1=C(c2ccc(OCCOC(=O)CNC(=O)[C@H](C=N)NN)cc2)C(=CN)C(N2CCCC2)=NC1SCC1=CSC(c2ccc(Cl)cc2)N1. The van der Waals surface area contributed by atoms with Gasteiger partial charge in [0.1, 0.15) is 48.1 Å². The highest BCUT2D eigenvalue weighted by Gasteiger charge is 2.33. The minimum Gasteiger partial charge on any atom is -0.490 e. The Morgan fingerprint density at radius 3 is 2.54 bits per heavy atom. The summed E-state index contributed by atoms with van der Waals surface area (Å²) in [5.41, 5.74) is 14.0. The van der Waals surface area contributed by atoms with Crippen LogP contribution in [0.4, 0.5) is 0 Å². The van der Waals surface area contributed by atoms with Gasteiger partial charge in [0.2, 0.25) is 5.91 Å². The number of nitrogens with two attached hydrogens (primary N) is 2. The van der Waals surface area contributed by atoms with Crippen molar-refractivity contribution >= 4 is 70.8 Å². The zero-order valence-electron chi connectivity index (χ0n) is 27.2. The lowest BCUT2D eigenvalue weighted by atomic mass is 9.90. The van der Waals surface area contributed by atoms with Crippen molar-refractivity contribution in [2.75, 3.05) is 38.6 Å². The number of likely N-dealkylation sites (tertiary alicyclic amines) is 1. The average molecular weight is 738 g/mol. The highest BCUT2D eigenvalue weighted by Crippen LogP contribution is 2.41. The van der Waals surface area contributed by atoms with Crippen molar-refractivity contribution < 1.29 is 19.1 Å². The zero-order chi connectivity index (χ0) is 35.5.